The van der Waals surface area contributed by atoms with Gasteiger partial charge in [-0.05, 0) is 12.1 Å². The minimum atomic E-state index is -0.352. The van der Waals surface area contributed by atoms with Crippen molar-refractivity contribution in [1.29, 1.82) is 5.26 Å². The Labute approximate surface area is 162 Å². The molecule has 1 amide bonds. The first-order chi connectivity index (χ1) is 13.7. The van der Waals surface area contributed by atoms with Crippen LogP contribution >= 0.6 is 0 Å². The summed E-state index contributed by atoms with van der Waals surface area (Å²) in [4.78, 5) is 20.1. The van der Waals surface area contributed by atoms with E-state index in [1.54, 1.807) is 30.1 Å². The van der Waals surface area contributed by atoms with Gasteiger partial charge in [-0.3, -0.25) is 9.48 Å². The van der Waals surface area contributed by atoms with Gasteiger partial charge in [-0.15, -0.1) is 0 Å². The maximum atomic E-state index is 11.6. The van der Waals surface area contributed by atoms with Crippen molar-refractivity contribution >= 4 is 23.1 Å². The molecule has 0 aliphatic heterocycles. The Balaban J connectivity index is 1.73. The van der Waals surface area contributed by atoms with E-state index < -0.39 is 0 Å². The van der Waals surface area contributed by atoms with E-state index in [9.17, 15) is 4.79 Å². The Kier molecular flexibility index (Phi) is 6.28. The van der Waals surface area contributed by atoms with Crippen molar-refractivity contribution in [2.75, 3.05) is 24.4 Å². The van der Waals surface area contributed by atoms with Gasteiger partial charge in [0.2, 0.25) is 5.91 Å². The van der Waals surface area contributed by atoms with E-state index in [0.29, 0.717) is 30.4 Å². The van der Waals surface area contributed by atoms with Crippen molar-refractivity contribution in [3.05, 3.63) is 49.1 Å². The summed E-state index contributed by atoms with van der Waals surface area (Å²) in [7, 11) is 1.65. The van der Waals surface area contributed by atoms with E-state index in [1.165, 1.54) is 6.33 Å². The van der Waals surface area contributed by atoms with Crippen LogP contribution in [0.15, 0.2) is 49.1 Å². The summed E-state index contributed by atoms with van der Waals surface area (Å²) >= 11 is 0. The van der Waals surface area contributed by atoms with Gasteiger partial charge >= 0.3 is 0 Å². The van der Waals surface area contributed by atoms with Crippen LogP contribution in [-0.4, -0.2) is 39.4 Å². The van der Waals surface area contributed by atoms with Crippen LogP contribution in [0, 0.1) is 11.3 Å². The number of carbonyl (C=O) groups excluding carboxylic acids is 1. The Morgan fingerprint density at radius 1 is 1.29 bits per heavy atom. The predicted octanol–water partition coefficient (Wildman–Crippen LogP) is 2.58. The Bertz CT molecular complexity index is 994. The first-order valence-corrected chi connectivity index (χ1v) is 8.55. The number of hydrogen-bond donors (Lipinski definition) is 2. The fourth-order valence-corrected chi connectivity index (χ4v) is 2.50. The second-order valence-electron chi connectivity index (χ2n) is 5.86. The van der Waals surface area contributed by atoms with Crippen LogP contribution in [0.3, 0.4) is 0 Å². The highest BCUT2D eigenvalue weighted by Crippen LogP contribution is 2.23. The van der Waals surface area contributed by atoms with Crippen LogP contribution in [0.2, 0.25) is 0 Å². The lowest BCUT2D eigenvalue weighted by Gasteiger charge is -2.08. The number of methoxy groups -OCH3 is 1. The third-order valence-corrected chi connectivity index (χ3v) is 3.78. The van der Waals surface area contributed by atoms with Crippen LogP contribution in [0.1, 0.15) is 6.42 Å². The zero-order valence-electron chi connectivity index (χ0n) is 15.3. The molecule has 0 atom stereocenters. The fraction of sp³-hybridized carbons (Fsp3) is 0.211. The molecule has 0 aliphatic carbocycles. The SMILES string of the molecule is COCCn1cc(Nc2cc(-c3cccc(NC(=O)CC#N)c3)ncn2)cn1. The van der Waals surface area contributed by atoms with Gasteiger partial charge in [-0.1, -0.05) is 12.1 Å². The molecule has 2 N–H and O–H groups in total. The van der Waals surface area contributed by atoms with Gasteiger partial charge in [0.15, 0.2) is 0 Å². The molecule has 142 valence electrons. The van der Waals surface area contributed by atoms with E-state index in [-0.39, 0.29) is 12.3 Å². The van der Waals surface area contributed by atoms with Gasteiger partial charge in [-0.2, -0.15) is 10.4 Å². The summed E-state index contributed by atoms with van der Waals surface area (Å²) in [5.41, 5.74) is 2.92. The quantitative estimate of drug-likeness (QED) is 0.619. The molecule has 1 aromatic carbocycles. The number of benzene rings is 1. The number of nitriles is 1. The van der Waals surface area contributed by atoms with Gasteiger partial charge in [0.1, 0.15) is 18.6 Å². The molecule has 3 aromatic rings. The highest BCUT2D eigenvalue weighted by molar-refractivity contribution is 5.92. The van der Waals surface area contributed by atoms with Gasteiger partial charge in [0.05, 0.1) is 36.8 Å². The van der Waals surface area contributed by atoms with Crippen LogP contribution < -0.4 is 10.6 Å². The minimum Gasteiger partial charge on any atom is -0.383 e. The van der Waals surface area contributed by atoms with E-state index >= 15 is 0 Å². The zero-order valence-corrected chi connectivity index (χ0v) is 15.3. The smallest absolute Gasteiger partial charge is 0.238 e. The maximum Gasteiger partial charge on any atom is 0.238 e. The third kappa shape index (κ3) is 5.12. The molecule has 2 aromatic heterocycles. The van der Waals surface area contributed by atoms with Crippen molar-refractivity contribution in [2.24, 2.45) is 0 Å². The summed E-state index contributed by atoms with van der Waals surface area (Å²) in [6, 6.07) is 10.9. The molecule has 0 aliphatic rings. The van der Waals surface area contributed by atoms with Crippen LogP contribution in [0.5, 0.6) is 0 Å². The molecule has 0 fully saturated rings. The van der Waals surface area contributed by atoms with E-state index in [2.05, 4.69) is 25.7 Å². The predicted molar refractivity (Wildman–Crippen MR) is 104 cm³/mol. The Morgan fingerprint density at radius 3 is 3.00 bits per heavy atom. The van der Waals surface area contributed by atoms with E-state index in [0.717, 1.165) is 11.3 Å². The van der Waals surface area contributed by atoms with Crippen molar-refractivity contribution in [3.8, 4) is 17.3 Å². The van der Waals surface area contributed by atoms with Crippen LogP contribution in [0.25, 0.3) is 11.3 Å². The summed E-state index contributed by atoms with van der Waals surface area (Å²) in [5.74, 6) is 0.269. The molecule has 3 rings (SSSR count). The van der Waals surface area contributed by atoms with Gasteiger partial charge in [0, 0.05) is 30.6 Å². The third-order valence-electron chi connectivity index (χ3n) is 3.78. The number of ether oxygens (including phenoxy) is 1. The molecule has 0 saturated heterocycles. The van der Waals surface area contributed by atoms with Gasteiger partial charge in [-0.25, -0.2) is 9.97 Å². The van der Waals surface area contributed by atoms with Crippen molar-refractivity contribution in [1.82, 2.24) is 19.7 Å². The average Bonchev–Trinajstić information content (AvgIpc) is 3.14. The summed E-state index contributed by atoms with van der Waals surface area (Å²) in [6.45, 7) is 1.25. The second-order valence-corrected chi connectivity index (χ2v) is 5.86. The second kappa shape index (κ2) is 9.25. The number of nitrogens with zero attached hydrogens (tertiary/aromatic N) is 5. The average molecular weight is 377 g/mol. The molecule has 9 nitrogen and oxygen atoms in total. The highest BCUT2D eigenvalue weighted by Gasteiger charge is 2.07. The van der Waals surface area contributed by atoms with Crippen molar-refractivity contribution < 1.29 is 9.53 Å². The number of nitrogens with one attached hydrogen (secondary N) is 2. The summed E-state index contributed by atoms with van der Waals surface area (Å²) < 4.78 is 6.82. The minimum absolute atomic E-state index is 0.191. The largest absolute Gasteiger partial charge is 0.383 e. The molecular weight excluding hydrogens is 358 g/mol. The molecular formula is C19H19N7O2. The fourth-order valence-electron chi connectivity index (χ4n) is 2.50. The Morgan fingerprint density at radius 2 is 2.18 bits per heavy atom. The number of rotatable bonds is 8. The van der Waals surface area contributed by atoms with E-state index in [1.807, 2.05) is 30.5 Å². The summed E-state index contributed by atoms with van der Waals surface area (Å²) in [6.07, 6.45) is 4.85. The molecule has 0 radical (unpaired) electrons. The normalized spacial score (nSPS) is 10.3. The molecule has 2 heterocycles. The van der Waals surface area contributed by atoms with Crippen LogP contribution in [-0.2, 0) is 16.1 Å². The molecule has 28 heavy (non-hydrogen) atoms. The number of hydrogen-bond acceptors (Lipinski definition) is 7. The monoisotopic (exact) mass is 377 g/mol. The lowest BCUT2D eigenvalue weighted by Crippen LogP contribution is -2.09. The molecule has 0 bridgehead atoms. The van der Waals surface area contributed by atoms with Crippen LogP contribution in [0.4, 0.5) is 17.2 Å². The lowest BCUT2D eigenvalue weighted by molar-refractivity contribution is -0.115. The standard InChI is InChI=1S/C19H19N7O2/c1-28-8-7-26-12-16(11-23-26)24-18-10-17(21-13-22-18)14-3-2-4-15(9-14)25-19(27)5-6-20/h2-4,9-13H,5,7-8H2,1H3,(H,25,27)(H,21,22,24). The topological polar surface area (TPSA) is 118 Å². The molecule has 0 unspecified atom stereocenters. The molecule has 0 spiro atoms. The van der Waals surface area contributed by atoms with Gasteiger partial charge < -0.3 is 15.4 Å². The zero-order chi connectivity index (χ0) is 19.8. The van der Waals surface area contributed by atoms with Gasteiger partial charge in [0.25, 0.3) is 0 Å². The lowest BCUT2D eigenvalue weighted by atomic mass is 10.1. The van der Waals surface area contributed by atoms with E-state index in [4.69, 9.17) is 10.00 Å². The highest BCUT2D eigenvalue weighted by atomic mass is 16.5. The first-order valence-electron chi connectivity index (χ1n) is 8.55. The Hall–Kier alpha value is -3.77. The summed E-state index contributed by atoms with van der Waals surface area (Å²) in [5, 5.41) is 18.7. The first kappa shape index (κ1) is 19.0. The number of anilines is 3. The molecule has 9 heteroatoms. The van der Waals surface area contributed by atoms with Crippen molar-refractivity contribution in [3.63, 3.8) is 0 Å². The maximum absolute atomic E-state index is 11.6. The number of aromatic nitrogens is 4. The molecule has 0 saturated carbocycles. The number of amides is 1. The van der Waals surface area contributed by atoms with Crippen molar-refractivity contribution in [2.45, 2.75) is 13.0 Å². The number of carbonyl (C=O) groups is 1.